The van der Waals surface area contributed by atoms with Gasteiger partial charge in [0.25, 0.3) is 0 Å². The molecule has 0 bridgehead atoms. The number of aliphatic carboxylic acids is 1. The van der Waals surface area contributed by atoms with Crippen LogP contribution in [0.2, 0.25) is 0 Å². The Morgan fingerprint density at radius 3 is 2.20 bits per heavy atom. The molecule has 2 amide bonds. The lowest BCUT2D eigenvalue weighted by atomic mass is 10.4. The van der Waals surface area contributed by atoms with E-state index in [1.165, 1.54) is 5.32 Å². The van der Waals surface area contributed by atoms with Gasteiger partial charge in [-0.05, 0) is 0 Å². The molecule has 4 N–H and O–H groups in total. The number of alkyl halides is 3. The highest BCUT2D eigenvalue weighted by Gasteiger charge is 2.27. The summed E-state index contributed by atoms with van der Waals surface area (Å²) in [6.45, 7) is -2.19. The number of rotatable bonds is 4. The molecule has 0 saturated heterocycles. The number of hydrogen-bond donors (Lipinski definition) is 4. The lowest BCUT2D eigenvalue weighted by Crippen LogP contribution is -2.44. The van der Waals surface area contributed by atoms with Crippen molar-refractivity contribution in [1.82, 2.24) is 10.6 Å². The molecule has 1 atom stereocenters. The van der Waals surface area contributed by atoms with E-state index in [0.717, 1.165) is 0 Å². The Balaban J connectivity index is 3.72. The van der Waals surface area contributed by atoms with Gasteiger partial charge in [-0.1, -0.05) is 0 Å². The number of carbonyl (C=O) groups excluding carboxylic acids is 1. The van der Waals surface area contributed by atoms with Gasteiger partial charge in [0.2, 0.25) is 0 Å². The van der Waals surface area contributed by atoms with Crippen molar-refractivity contribution < 1.29 is 33.0 Å². The van der Waals surface area contributed by atoms with Crippen LogP contribution in [0.5, 0.6) is 0 Å². The summed E-state index contributed by atoms with van der Waals surface area (Å²) in [7, 11) is 0. The van der Waals surface area contributed by atoms with Crippen LogP contribution in [0, 0.1) is 0 Å². The molecule has 0 radical (unpaired) electrons. The van der Waals surface area contributed by atoms with Crippen LogP contribution in [0.3, 0.4) is 0 Å². The first-order chi connectivity index (χ1) is 6.72. The van der Waals surface area contributed by atoms with Crippen LogP contribution in [0.15, 0.2) is 0 Å². The zero-order chi connectivity index (χ0) is 12.1. The highest BCUT2D eigenvalue weighted by molar-refractivity contribution is 5.76. The van der Waals surface area contributed by atoms with Gasteiger partial charge in [0, 0.05) is 0 Å². The third-order valence-electron chi connectivity index (χ3n) is 1.19. The summed E-state index contributed by atoms with van der Waals surface area (Å²) < 4.78 is 34.7. The predicted molar refractivity (Wildman–Crippen MR) is 41.1 cm³/mol. The van der Waals surface area contributed by atoms with Crippen molar-refractivity contribution in [2.24, 2.45) is 0 Å². The van der Waals surface area contributed by atoms with Gasteiger partial charge in [0.05, 0.1) is 6.54 Å². The molecule has 6 nitrogen and oxygen atoms in total. The first-order valence-electron chi connectivity index (χ1n) is 3.71. The van der Waals surface area contributed by atoms with Gasteiger partial charge in [-0.15, -0.1) is 0 Å². The SMILES string of the molecule is O=C(NCC(O)C(=O)O)NCC(F)(F)F. The molecule has 1 unspecified atom stereocenters. The molecular weight excluding hydrogens is 221 g/mol. The van der Waals surface area contributed by atoms with Crippen molar-refractivity contribution in [2.75, 3.05) is 13.1 Å². The van der Waals surface area contributed by atoms with E-state index in [4.69, 9.17) is 10.2 Å². The van der Waals surface area contributed by atoms with Crippen molar-refractivity contribution in [1.29, 1.82) is 0 Å². The van der Waals surface area contributed by atoms with Crippen LogP contribution in [0.4, 0.5) is 18.0 Å². The normalized spacial score (nSPS) is 13.1. The monoisotopic (exact) mass is 230 g/mol. The van der Waals surface area contributed by atoms with Gasteiger partial charge >= 0.3 is 18.2 Å². The third kappa shape index (κ3) is 7.55. The summed E-state index contributed by atoms with van der Waals surface area (Å²) in [6, 6.07) is -1.20. The number of aliphatic hydroxyl groups excluding tert-OH is 1. The molecule has 0 rings (SSSR count). The molecule has 0 aliphatic heterocycles. The maximum Gasteiger partial charge on any atom is 0.405 e. The first kappa shape index (κ1) is 13.5. The Kier molecular flexibility index (Phi) is 4.85. The number of urea groups is 1. The Hall–Kier alpha value is -1.51. The second-order valence-electron chi connectivity index (χ2n) is 2.53. The van der Waals surface area contributed by atoms with Crippen molar-refractivity contribution in [3.05, 3.63) is 0 Å². The van der Waals surface area contributed by atoms with Crippen molar-refractivity contribution >= 4 is 12.0 Å². The largest absolute Gasteiger partial charge is 0.479 e. The molecule has 9 heteroatoms. The minimum Gasteiger partial charge on any atom is -0.479 e. The van der Waals surface area contributed by atoms with E-state index in [0.29, 0.717) is 0 Å². The predicted octanol–water partition coefficient (Wildman–Crippen LogP) is -0.707. The summed E-state index contributed by atoms with van der Waals surface area (Å²) in [6.07, 6.45) is -6.38. The quantitative estimate of drug-likeness (QED) is 0.513. The second kappa shape index (κ2) is 5.39. The molecule has 15 heavy (non-hydrogen) atoms. The molecule has 0 heterocycles. The molecule has 0 saturated carbocycles. The molecule has 0 aromatic carbocycles. The molecule has 0 aliphatic rings. The van der Waals surface area contributed by atoms with Gasteiger partial charge in [-0.25, -0.2) is 9.59 Å². The summed E-state index contributed by atoms with van der Waals surface area (Å²) in [5.41, 5.74) is 0. The highest BCUT2D eigenvalue weighted by atomic mass is 19.4. The Morgan fingerprint density at radius 2 is 1.80 bits per heavy atom. The van der Waals surface area contributed by atoms with E-state index in [9.17, 15) is 22.8 Å². The fourth-order valence-electron chi connectivity index (χ4n) is 0.520. The molecule has 0 fully saturated rings. The minimum absolute atomic E-state index is 0.668. The smallest absolute Gasteiger partial charge is 0.405 e. The maximum atomic E-state index is 11.6. The summed E-state index contributed by atoms with van der Waals surface area (Å²) in [5, 5.41) is 20.0. The van der Waals surface area contributed by atoms with Crippen LogP contribution in [-0.4, -0.2) is 47.6 Å². The van der Waals surface area contributed by atoms with Crippen LogP contribution >= 0.6 is 0 Å². The van der Waals surface area contributed by atoms with E-state index < -0.39 is 37.4 Å². The van der Waals surface area contributed by atoms with Gasteiger partial charge < -0.3 is 20.8 Å². The number of carbonyl (C=O) groups is 2. The van der Waals surface area contributed by atoms with E-state index in [2.05, 4.69) is 0 Å². The molecule has 88 valence electrons. The van der Waals surface area contributed by atoms with Crippen LogP contribution in [0.25, 0.3) is 0 Å². The zero-order valence-electron chi connectivity index (χ0n) is 7.34. The topological polar surface area (TPSA) is 98.7 Å². The number of nitrogens with one attached hydrogen (secondary N) is 2. The van der Waals surface area contributed by atoms with Crippen molar-refractivity contribution in [2.45, 2.75) is 12.3 Å². The van der Waals surface area contributed by atoms with Crippen molar-refractivity contribution in [3.8, 4) is 0 Å². The number of amides is 2. The summed E-state index contributed by atoms with van der Waals surface area (Å²) >= 11 is 0. The minimum atomic E-state index is -4.54. The fourth-order valence-corrected chi connectivity index (χ4v) is 0.520. The highest BCUT2D eigenvalue weighted by Crippen LogP contribution is 2.11. The fraction of sp³-hybridized carbons (Fsp3) is 0.667. The average Bonchev–Trinajstić information content (AvgIpc) is 2.09. The van der Waals surface area contributed by atoms with E-state index >= 15 is 0 Å². The molecule has 0 spiro atoms. The number of carboxylic acids is 1. The lowest BCUT2D eigenvalue weighted by Gasteiger charge is -2.10. The van der Waals surface area contributed by atoms with Crippen molar-refractivity contribution in [3.63, 3.8) is 0 Å². The van der Waals surface area contributed by atoms with E-state index in [1.807, 2.05) is 0 Å². The van der Waals surface area contributed by atoms with Crippen LogP contribution in [0.1, 0.15) is 0 Å². The molecule has 0 aromatic rings. The van der Waals surface area contributed by atoms with Gasteiger partial charge in [0.1, 0.15) is 6.54 Å². The number of hydrogen-bond acceptors (Lipinski definition) is 3. The number of halogens is 3. The summed E-state index contributed by atoms with van der Waals surface area (Å²) in [5.74, 6) is -1.58. The first-order valence-corrected chi connectivity index (χ1v) is 3.71. The zero-order valence-corrected chi connectivity index (χ0v) is 7.34. The number of aliphatic hydroxyl groups is 1. The lowest BCUT2D eigenvalue weighted by molar-refractivity contribution is -0.146. The Bertz CT molecular complexity index is 243. The Morgan fingerprint density at radius 1 is 1.27 bits per heavy atom. The number of carboxylic acid groups (broad SMARTS) is 1. The van der Waals surface area contributed by atoms with Crippen LogP contribution in [-0.2, 0) is 4.79 Å². The summed E-state index contributed by atoms with van der Waals surface area (Å²) in [4.78, 5) is 20.6. The third-order valence-corrected chi connectivity index (χ3v) is 1.19. The average molecular weight is 230 g/mol. The van der Waals surface area contributed by atoms with Crippen LogP contribution < -0.4 is 10.6 Å². The maximum absolute atomic E-state index is 11.6. The second-order valence-corrected chi connectivity index (χ2v) is 2.53. The molecular formula is C6H9F3N2O4. The molecule has 0 aliphatic carbocycles. The Labute approximate surface area is 82.1 Å². The van der Waals surface area contributed by atoms with E-state index in [-0.39, 0.29) is 0 Å². The van der Waals surface area contributed by atoms with Gasteiger partial charge in [0.15, 0.2) is 6.10 Å². The van der Waals surface area contributed by atoms with E-state index in [1.54, 1.807) is 5.32 Å². The standard InChI is InChI=1S/C6H9F3N2O4/c7-6(8,9)2-11-5(15)10-1-3(12)4(13)14/h3,12H,1-2H2,(H,13,14)(H2,10,11,15). The van der Waals surface area contributed by atoms with Gasteiger partial charge in [-0.2, -0.15) is 13.2 Å². The van der Waals surface area contributed by atoms with Gasteiger partial charge in [-0.3, -0.25) is 0 Å². The molecule has 0 aromatic heterocycles.